The molecule has 2 heterocycles. The first kappa shape index (κ1) is 29.6. The lowest BCUT2D eigenvalue weighted by atomic mass is 9.89. The zero-order valence-corrected chi connectivity index (χ0v) is 24.3. The van der Waals surface area contributed by atoms with Crippen LogP contribution in [0.15, 0.2) is 47.2 Å². The number of rotatable bonds is 5. The molecule has 0 radical (unpaired) electrons. The van der Waals surface area contributed by atoms with Crippen molar-refractivity contribution in [2.24, 2.45) is 0 Å². The van der Waals surface area contributed by atoms with Gasteiger partial charge >= 0.3 is 6.18 Å². The van der Waals surface area contributed by atoms with E-state index in [1.54, 1.807) is 24.4 Å². The molecule has 2 atom stereocenters. The van der Waals surface area contributed by atoms with Gasteiger partial charge < -0.3 is 20.6 Å². The lowest BCUT2D eigenvalue weighted by Gasteiger charge is -2.36. The Morgan fingerprint density at radius 2 is 1.71 bits per heavy atom. The van der Waals surface area contributed by atoms with Crippen LogP contribution in [0.2, 0.25) is 5.02 Å². The number of pyridine rings is 1. The Labute approximate surface area is 248 Å². The molecule has 1 saturated heterocycles. The Kier molecular flexibility index (Phi) is 8.77. The average molecular weight is 654 g/mol. The molecular weight excluding hydrogens is 625 g/mol. The first-order valence-electron chi connectivity index (χ1n) is 13.5. The van der Waals surface area contributed by atoms with E-state index in [0.717, 1.165) is 18.9 Å². The number of carbonyl (C=O) groups excluding carboxylic acids is 2. The van der Waals surface area contributed by atoms with E-state index in [4.69, 9.17) is 11.6 Å². The van der Waals surface area contributed by atoms with Gasteiger partial charge in [-0.3, -0.25) is 14.6 Å². The summed E-state index contributed by atoms with van der Waals surface area (Å²) in [5.41, 5.74) is -1.03. The number of halogens is 5. The molecular formula is C29H29BrClF3N4O3. The monoisotopic (exact) mass is 652 g/mol. The number of benzene rings is 2. The zero-order valence-electron chi connectivity index (χ0n) is 22.0. The molecule has 218 valence electrons. The van der Waals surface area contributed by atoms with Crippen molar-refractivity contribution in [1.29, 1.82) is 0 Å². The number of aliphatic hydroxyl groups excluding tert-OH is 1. The van der Waals surface area contributed by atoms with Gasteiger partial charge in [-0.25, -0.2) is 0 Å². The maximum atomic E-state index is 14.3. The van der Waals surface area contributed by atoms with Gasteiger partial charge in [0.05, 0.1) is 28.5 Å². The van der Waals surface area contributed by atoms with E-state index >= 15 is 0 Å². The first-order chi connectivity index (χ1) is 19.5. The SMILES string of the molecule is O=C(N[C@H]1CCCC[C@H]1Nc1c(C(=O)N2CCC(O)CC2)cc(Br)cc1C(F)(F)F)c1cncc2cc(Cl)ccc12. The number of amides is 2. The van der Waals surface area contributed by atoms with Crippen molar-refractivity contribution in [1.82, 2.24) is 15.2 Å². The highest BCUT2D eigenvalue weighted by Crippen LogP contribution is 2.41. The number of hydrogen-bond donors (Lipinski definition) is 3. The molecule has 1 aromatic heterocycles. The second-order valence-electron chi connectivity index (χ2n) is 10.6. The Bertz CT molecular complexity index is 1460. The highest BCUT2D eigenvalue weighted by Gasteiger charge is 2.39. The Morgan fingerprint density at radius 1 is 1.00 bits per heavy atom. The standard InChI is InChI=1S/C29H29BrClF3N4O3/c30-17-12-21(28(41)38-9-7-19(39)8-10-38)26(23(13-17)29(32,33)34)36-24-3-1-2-4-25(24)37-27(40)22-15-35-14-16-11-18(31)5-6-20(16)22/h5-6,11-15,19,24-25,36,39H,1-4,7-10H2,(H,37,40)/t24-,25+/m1/s1. The molecule has 2 fully saturated rings. The van der Waals surface area contributed by atoms with Crippen molar-refractivity contribution >= 4 is 55.8 Å². The van der Waals surface area contributed by atoms with Crippen molar-refractivity contribution in [3.05, 3.63) is 68.9 Å². The summed E-state index contributed by atoms with van der Waals surface area (Å²) in [6.07, 6.45) is 1.12. The maximum absolute atomic E-state index is 14.3. The summed E-state index contributed by atoms with van der Waals surface area (Å²) in [6.45, 7) is 0.499. The first-order valence-corrected chi connectivity index (χ1v) is 14.7. The summed E-state index contributed by atoms with van der Waals surface area (Å²) in [5, 5.41) is 17.8. The number of hydrogen-bond acceptors (Lipinski definition) is 5. The molecule has 3 N–H and O–H groups in total. The third-order valence-electron chi connectivity index (χ3n) is 7.77. The van der Waals surface area contributed by atoms with Crippen molar-refractivity contribution < 1.29 is 27.9 Å². The normalized spacial score (nSPS) is 20.2. The third-order valence-corrected chi connectivity index (χ3v) is 8.46. The number of alkyl halides is 3. The minimum absolute atomic E-state index is 0.103. The van der Waals surface area contributed by atoms with Gasteiger partial charge in [0.25, 0.3) is 11.8 Å². The fourth-order valence-electron chi connectivity index (χ4n) is 5.63. The highest BCUT2D eigenvalue weighted by atomic mass is 79.9. The second-order valence-corrected chi connectivity index (χ2v) is 11.9. The smallest absolute Gasteiger partial charge is 0.393 e. The van der Waals surface area contributed by atoms with Crippen LogP contribution in [0.25, 0.3) is 10.8 Å². The number of anilines is 1. The lowest BCUT2D eigenvalue weighted by Crippen LogP contribution is -2.49. The second kappa shape index (κ2) is 12.1. The van der Waals surface area contributed by atoms with Crippen LogP contribution in [-0.4, -0.2) is 58.1 Å². The van der Waals surface area contributed by atoms with Crippen molar-refractivity contribution in [3.63, 3.8) is 0 Å². The van der Waals surface area contributed by atoms with E-state index in [9.17, 15) is 27.9 Å². The van der Waals surface area contributed by atoms with E-state index in [2.05, 4.69) is 31.5 Å². The summed E-state index contributed by atoms with van der Waals surface area (Å²) in [6, 6.07) is 6.44. The largest absolute Gasteiger partial charge is 0.418 e. The van der Waals surface area contributed by atoms with E-state index in [-0.39, 0.29) is 34.7 Å². The summed E-state index contributed by atoms with van der Waals surface area (Å²) in [4.78, 5) is 32.6. The van der Waals surface area contributed by atoms with Crippen LogP contribution in [0.1, 0.15) is 64.8 Å². The van der Waals surface area contributed by atoms with Crippen LogP contribution in [0, 0.1) is 0 Å². The van der Waals surface area contributed by atoms with Gasteiger partial charge in [-0.15, -0.1) is 0 Å². The predicted octanol–water partition coefficient (Wildman–Crippen LogP) is 6.42. The van der Waals surface area contributed by atoms with Gasteiger partial charge in [-0.05, 0) is 55.3 Å². The van der Waals surface area contributed by atoms with Crippen molar-refractivity contribution in [2.45, 2.75) is 62.9 Å². The van der Waals surface area contributed by atoms with Gasteiger partial charge in [0.15, 0.2) is 0 Å². The Balaban J connectivity index is 1.46. The number of likely N-dealkylation sites (tertiary alicyclic amines) is 1. The summed E-state index contributed by atoms with van der Waals surface area (Å²) < 4.78 is 43.1. The van der Waals surface area contributed by atoms with Crippen LogP contribution >= 0.6 is 27.5 Å². The Hall–Kier alpha value is -2.89. The average Bonchev–Trinajstić information content (AvgIpc) is 2.93. The van der Waals surface area contributed by atoms with E-state index < -0.39 is 35.8 Å². The number of nitrogens with one attached hydrogen (secondary N) is 2. The van der Waals surface area contributed by atoms with Gasteiger partial charge in [-0.2, -0.15) is 13.2 Å². The van der Waals surface area contributed by atoms with Crippen LogP contribution < -0.4 is 10.6 Å². The molecule has 12 heteroatoms. The minimum atomic E-state index is -4.73. The molecule has 2 aromatic carbocycles. The number of aliphatic hydroxyl groups is 1. The number of nitrogens with zero attached hydrogens (tertiary/aromatic N) is 2. The maximum Gasteiger partial charge on any atom is 0.418 e. The molecule has 1 aliphatic carbocycles. The quantitative estimate of drug-likeness (QED) is 0.296. The minimum Gasteiger partial charge on any atom is -0.393 e. The molecule has 41 heavy (non-hydrogen) atoms. The van der Waals surface area contributed by atoms with Gasteiger partial charge in [0, 0.05) is 52.4 Å². The zero-order chi connectivity index (χ0) is 29.3. The van der Waals surface area contributed by atoms with Crippen LogP contribution in [0.4, 0.5) is 18.9 Å². The summed E-state index contributed by atoms with van der Waals surface area (Å²) in [7, 11) is 0. The molecule has 7 nitrogen and oxygen atoms in total. The van der Waals surface area contributed by atoms with E-state index in [1.165, 1.54) is 17.2 Å². The topological polar surface area (TPSA) is 94.6 Å². The predicted molar refractivity (Wildman–Crippen MR) is 154 cm³/mol. The highest BCUT2D eigenvalue weighted by molar-refractivity contribution is 9.10. The lowest BCUT2D eigenvalue weighted by molar-refractivity contribution is -0.137. The van der Waals surface area contributed by atoms with Crippen LogP contribution in [0.3, 0.4) is 0 Å². The third kappa shape index (κ3) is 6.62. The molecule has 5 rings (SSSR count). The molecule has 2 amide bonds. The fraction of sp³-hybridized carbons (Fsp3) is 0.414. The molecule has 1 saturated carbocycles. The number of fused-ring (bicyclic) bond motifs is 1. The number of aromatic nitrogens is 1. The molecule has 2 aliphatic rings. The molecule has 0 spiro atoms. The number of carbonyl (C=O) groups is 2. The molecule has 0 bridgehead atoms. The van der Waals surface area contributed by atoms with Crippen molar-refractivity contribution in [3.8, 4) is 0 Å². The molecule has 0 unspecified atom stereocenters. The fourth-order valence-corrected chi connectivity index (χ4v) is 6.27. The van der Waals surface area contributed by atoms with E-state index in [0.29, 0.717) is 47.0 Å². The van der Waals surface area contributed by atoms with E-state index in [1.807, 2.05) is 0 Å². The van der Waals surface area contributed by atoms with Crippen LogP contribution in [-0.2, 0) is 6.18 Å². The molecule has 3 aromatic rings. The van der Waals surface area contributed by atoms with Gasteiger partial charge in [0.1, 0.15) is 0 Å². The summed E-state index contributed by atoms with van der Waals surface area (Å²) in [5.74, 6) is -0.928. The van der Waals surface area contributed by atoms with Crippen molar-refractivity contribution in [2.75, 3.05) is 18.4 Å². The Morgan fingerprint density at radius 3 is 2.41 bits per heavy atom. The van der Waals surface area contributed by atoms with Gasteiger partial charge in [0.2, 0.25) is 0 Å². The summed E-state index contributed by atoms with van der Waals surface area (Å²) >= 11 is 9.24. The molecule has 1 aliphatic heterocycles. The number of piperidine rings is 1. The van der Waals surface area contributed by atoms with Crippen LogP contribution in [0.5, 0.6) is 0 Å². The van der Waals surface area contributed by atoms with Gasteiger partial charge in [-0.1, -0.05) is 46.4 Å².